The molecule has 2 unspecified atom stereocenters. The molecule has 1 aromatic carbocycles. The highest BCUT2D eigenvalue weighted by atomic mass is 15.2. The highest BCUT2D eigenvalue weighted by Gasteiger charge is 2.17. The maximum atomic E-state index is 6.41. The lowest BCUT2D eigenvalue weighted by Gasteiger charge is -2.32. The number of nitrogens with zero attached hydrogens (tertiary/aromatic N) is 2. The van der Waals surface area contributed by atoms with Crippen LogP contribution in [0.3, 0.4) is 0 Å². The Morgan fingerprint density at radius 2 is 1.67 bits per heavy atom. The number of likely N-dealkylation sites (N-methyl/N-ethyl adjacent to an activating group) is 2. The summed E-state index contributed by atoms with van der Waals surface area (Å²) in [4.78, 5) is 4.70. The van der Waals surface area contributed by atoms with Crippen molar-refractivity contribution in [2.75, 3.05) is 33.7 Å². The first-order chi connectivity index (χ1) is 9.97. The van der Waals surface area contributed by atoms with Crippen molar-refractivity contribution in [3.8, 4) is 0 Å². The zero-order valence-electron chi connectivity index (χ0n) is 14.5. The summed E-state index contributed by atoms with van der Waals surface area (Å²) in [5, 5.41) is 0. The van der Waals surface area contributed by atoms with Crippen LogP contribution in [0.25, 0.3) is 0 Å². The molecule has 3 heteroatoms. The Morgan fingerprint density at radius 1 is 1.05 bits per heavy atom. The molecule has 2 atom stereocenters. The van der Waals surface area contributed by atoms with Gasteiger partial charge in [-0.15, -0.1) is 0 Å². The predicted molar refractivity (Wildman–Crippen MR) is 92.6 cm³/mol. The Labute approximate surface area is 131 Å². The van der Waals surface area contributed by atoms with Gasteiger partial charge in [0.2, 0.25) is 0 Å². The van der Waals surface area contributed by atoms with E-state index in [1.54, 1.807) is 0 Å². The van der Waals surface area contributed by atoms with Crippen molar-refractivity contribution < 1.29 is 0 Å². The van der Waals surface area contributed by atoms with Crippen molar-refractivity contribution in [2.24, 2.45) is 5.73 Å². The summed E-state index contributed by atoms with van der Waals surface area (Å²) < 4.78 is 0. The third-order valence-electron chi connectivity index (χ3n) is 4.04. The molecule has 1 aromatic rings. The quantitative estimate of drug-likeness (QED) is 0.759. The van der Waals surface area contributed by atoms with Gasteiger partial charge in [0.15, 0.2) is 0 Å². The molecule has 0 saturated carbocycles. The second-order valence-electron chi connectivity index (χ2n) is 6.30. The number of rotatable bonds is 9. The van der Waals surface area contributed by atoms with E-state index in [-0.39, 0.29) is 6.04 Å². The van der Waals surface area contributed by atoms with Gasteiger partial charge in [0.05, 0.1) is 0 Å². The molecule has 0 saturated heterocycles. The molecule has 0 heterocycles. The number of nitrogens with two attached hydrogens (primary N) is 1. The molecule has 2 N–H and O–H groups in total. The number of benzene rings is 1. The van der Waals surface area contributed by atoms with Crippen LogP contribution in [0.4, 0.5) is 0 Å². The third kappa shape index (κ3) is 6.16. The minimum atomic E-state index is 0.0882. The largest absolute Gasteiger partial charge is 0.323 e. The van der Waals surface area contributed by atoms with Gasteiger partial charge >= 0.3 is 0 Å². The maximum Gasteiger partial charge on any atom is 0.0424 e. The van der Waals surface area contributed by atoms with Crippen LogP contribution >= 0.6 is 0 Å². The Balaban J connectivity index is 2.62. The fourth-order valence-corrected chi connectivity index (χ4v) is 2.84. The Morgan fingerprint density at radius 3 is 2.14 bits per heavy atom. The van der Waals surface area contributed by atoms with E-state index in [1.807, 2.05) is 0 Å². The molecule has 1 rings (SSSR count). The van der Waals surface area contributed by atoms with E-state index in [2.05, 4.69) is 68.9 Å². The number of hydrogen-bond donors (Lipinski definition) is 1. The fraction of sp³-hybridized carbons (Fsp3) is 0.667. The molecular weight excluding hydrogens is 258 g/mol. The van der Waals surface area contributed by atoms with Crippen molar-refractivity contribution in [1.82, 2.24) is 9.80 Å². The van der Waals surface area contributed by atoms with Crippen molar-refractivity contribution in [3.05, 3.63) is 35.4 Å². The van der Waals surface area contributed by atoms with E-state index < -0.39 is 0 Å². The summed E-state index contributed by atoms with van der Waals surface area (Å²) in [7, 11) is 4.24. The van der Waals surface area contributed by atoms with Crippen LogP contribution < -0.4 is 5.73 Å². The predicted octanol–water partition coefficient (Wildman–Crippen LogP) is 2.91. The van der Waals surface area contributed by atoms with Crippen LogP contribution in [0.5, 0.6) is 0 Å². The molecular formula is C18H33N3. The maximum absolute atomic E-state index is 6.41. The Bertz CT molecular complexity index is 386. The van der Waals surface area contributed by atoms with Gasteiger partial charge in [-0.3, -0.25) is 4.90 Å². The van der Waals surface area contributed by atoms with E-state index in [4.69, 9.17) is 5.73 Å². The minimum absolute atomic E-state index is 0.0882. The zero-order valence-corrected chi connectivity index (χ0v) is 14.5. The first kappa shape index (κ1) is 18.1. The molecule has 0 spiro atoms. The van der Waals surface area contributed by atoms with Crippen LogP contribution in [0.2, 0.25) is 0 Å². The van der Waals surface area contributed by atoms with Gasteiger partial charge in [-0.1, -0.05) is 44.5 Å². The molecule has 0 fully saturated rings. The van der Waals surface area contributed by atoms with Gasteiger partial charge in [-0.05, 0) is 45.1 Å². The first-order valence-electron chi connectivity index (χ1n) is 8.21. The molecule has 0 aromatic heterocycles. The lowest BCUT2D eigenvalue weighted by molar-refractivity contribution is 0.172. The van der Waals surface area contributed by atoms with Crippen molar-refractivity contribution in [1.29, 1.82) is 0 Å². The highest BCUT2D eigenvalue weighted by molar-refractivity contribution is 5.25. The molecule has 120 valence electrons. The summed E-state index contributed by atoms with van der Waals surface area (Å²) in [5.41, 5.74) is 9.05. The first-order valence-corrected chi connectivity index (χ1v) is 8.21. The van der Waals surface area contributed by atoms with Crippen LogP contribution in [0.1, 0.15) is 44.4 Å². The smallest absolute Gasteiger partial charge is 0.0424 e. The van der Waals surface area contributed by atoms with Crippen LogP contribution in [0.15, 0.2) is 24.3 Å². The van der Waals surface area contributed by atoms with E-state index >= 15 is 0 Å². The second-order valence-corrected chi connectivity index (χ2v) is 6.30. The fourth-order valence-electron chi connectivity index (χ4n) is 2.84. The van der Waals surface area contributed by atoms with Gasteiger partial charge in [0, 0.05) is 25.2 Å². The second kappa shape index (κ2) is 9.19. The number of hydrogen-bond acceptors (Lipinski definition) is 3. The van der Waals surface area contributed by atoms with Gasteiger partial charge in [0.25, 0.3) is 0 Å². The van der Waals surface area contributed by atoms with Gasteiger partial charge in [-0.25, -0.2) is 0 Å². The molecule has 0 radical (unpaired) electrons. The van der Waals surface area contributed by atoms with E-state index in [1.165, 1.54) is 17.5 Å². The minimum Gasteiger partial charge on any atom is -0.323 e. The lowest BCUT2D eigenvalue weighted by atomic mass is 10.0. The Kier molecular flexibility index (Phi) is 7.94. The normalized spacial score (nSPS) is 14.7. The van der Waals surface area contributed by atoms with E-state index in [0.717, 1.165) is 26.1 Å². The Hall–Kier alpha value is -0.900. The average molecular weight is 291 g/mol. The van der Waals surface area contributed by atoms with Gasteiger partial charge in [0.1, 0.15) is 0 Å². The summed E-state index contributed by atoms with van der Waals surface area (Å²) >= 11 is 0. The van der Waals surface area contributed by atoms with E-state index in [9.17, 15) is 0 Å². The third-order valence-corrected chi connectivity index (χ3v) is 4.04. The zero-order chi connectivity index (χ0) is 15.8. The highest BCUT2D eigenvalue weighted by Crippen LogP contribution is 2.15. The molecule has 21 heavy (non-hydrogen) atoms. The van der Waals surface area contributed by atoms with Crippen molar-refractivity contribution in [2.45, 2.75) is 45.7 Å². The summed E-state index contributed by atoms with van der Waals surface area (Å²) in [6, 6.07) is 9.44. The number of aryl methyl sites for hydroxylation is 1. The molecule has 0 aliphatic heterocycles. The lowest BCUT2D eigenvalue weighted by Crippen LogP contribution is -2.43. The standard InChI is InChI=1S/C18H33N3/c1-6-8-16-9-11-17(12-10-16)18(19)14-21(7-2)15(3)13-20(4)5/h9-12,15,18H,6-8,13-14,19H2,1-5H3. The average Bonchev–Trinajstić information content (AvgIpc) is 2.44. The molecule has 0 amide bonds. The van der Waals surface area contributed by atoms with Crippen LogP contribution in [0, 0.1) is 0 Å². The molecule has 0 aliphatic carbocycles. The molecule has 3 nitrogen and oxygen atoms in total. The summed E-state index contributed by atoms with van der Waals surface area (Å²) in [6.07, 6.45) is 2.34. The van der Waals surface area contributed by atoms with Crippen molar-refractivity contribution in [3.63, 3.8) is 0 Å². The van der Waals surface area contributed by atoms with E-state index in [0.29, 0.717) is 6.04 Å². The summed E-state index contributed by atoms with van der Waals surface area (Å²) in [5.74, 6) is 0. The summed E-state index contributed by atoms with van der Waals surface area (Å²) in [6.45, 7) is 9.72. The van der Waals surface area contributed by atoms with Crippen LogP contribution in [-0.2, 0) is 6.42 Å². The van der Waals surface area contributed by atoms with Gasteiger partial charge < -0.3 is 10.6 Å². The van der Waals surface area contributed by atoms with Crippen molar-refractivity contribution >= 4 is 0 Å². The molecule has 0 bridgehead atoms. The monoisotopic (exact) mass is 291 g/mol. The SMILES string of the molecule is CCCc1ccc(C(N)CN(CC)C(C)CN(C)C)cc1. The van der Waals surface area contributed by atoms with Crippen LogP contribution in [-0.4, -0.2) is 49.6 Å². The topological polar surface area (TPSA) is 32.5 Å². The molecule has 0 aliphatic rings. The van der Waals surface area contributed by atoms with Gasteiger partial charge in [-0.2, -0.15) is 0 Å².